The third-order valence-corrected chi connectivity index (χ3v) is 2.99. The highest BCUT2D eigenvalue weighted by Crippen LogP contribution is 2.30. The molecule has 1 rings (SSSR count). The second kappa shape index (κ2) is 6.24. The zero-order valence-electron chi connectivity index (χ0n) is 8.54. The second-order valence-electron chi connectivity index (χ2n) is 2.91. The summed E-state index contributed by atoms with van der Waals surface area (Å²) in [7, 11) is 0. The zero-order valence-corrected chi connectivity index (χ0v) is 12.3. The Hall–Kier alpha value is -0.560. The molecule has 0 unspecified atom stereocenters. The van der Waals surface area contributed by atoms with Crippen LogP contribution in [0.5, 0.6) is 5.75 Å². The van der Waals surface area contributed by atoms with E-state index in [1.165, 1.54) is 6.08 Å². The highest BCUT2D eigenvalue weighted by Gasteiger charge is 2.07. The Bertz CT molecular complexity index is 429. The van der Waals surface area contributed by atoms with E-state index < -0.39 is 5.97 Å². The number of carboxylic acid groups (broad SMARTS) is 1. The number of rotatable bonds is 4. The lowest BCUT2D eigenvalue weighted by atomic mass is 10.2. The van der Waals surface area contributed by atoms with Gasteiger partial charge < -0.3 is 9.84 Å². The van der Waals surface area contributed by atoms with Crippen molar-refractivity contribution < 1.29 is 14.6 Å². The Balaban J connectivity index is 3.18. The zero-order chi connectivity index (χ0) is 12.1. The van der Waals surface area contributed by atoms with E-state index in [1.807, 2.05) is 19.1 Å². The molecule has 1 aromatic carbocycles. The van der Waals surface area contributed by atoms with Crippen molar-refractivity contribution in [2.45, 2.75) is 6.92 Å². The van der Waals surface area contributed by atoms with Gasteiger partial charge in [-0.1, -0.05) is 15.9 Å². The summed E-state index contributed by atoms with van der Waals surface area (Å²) in [4.78, 5) is 10.5. The summed E-state index contributed by atoms with van der Waals surface area (Å²) in [6.07, 6.45) is 2.63. The first-order valence-corrected chi connectivity index (χ1v) is 6.44. The van der Waals surface area contributed by atoms with Gasteiger partial charge in [0.25, 0.3) is 0 Å². The number of carboxylic acids is 1. The molecular weight excluding hydrogens is 387 g/mol. The molecule has 1 N–H and O–H groups in total. The van der Waals surface area contributed by atoms with E-state index in [4.69, 9.17) is 9.84 Å². The number of ether oxygens (including phenoxy) is 1. The van der Waals surface area contributed by atoms with Crippen LogP contribution < -0.4 is 4.74 Å². The van der Waals surface area contributed by atoms with Gasteiger partial charge in [0.15, 0.2) is 0 Å². The first kappa shape index (κ1) is 13.5. The molecule has 0 heterocycles. The molecule has 0 saturated carbocycles. The predicted octanol–water partition coefficient (Wildman–Crippen LogP) is 3.55. The molecule has 0 aliphatic carbocycles. The molecule has 0 spiro atoms. The van der Waals surface area contributed by atoms with Crippen LogP contribution in [-0.2, 0) is 4.79 Å². The number of hydrogen-bond acceptors (Lipinski definition) is 2. The lowest BCUT2D eigenvalue weighted by molar-refractivity contribution is -0.131. The van der Waals surface area contributed by atoms with Crippen LogP contribution in [0.4, 0.5) is 0 Å². The molecule has 0 radical (unpaired) electrons. The van der Waals surface area contributed by atoms with Crippen molar-refractivity contribution in [3.63, 3.8) is 0 Å². The molecule has 0 fully saturated rings. The first-order chi connectivity index (χ1) is 7.54. The summed E-state index contributed by atoms with van der Waals surface area (Å²) >= 11 is 5.52. The van der Waals surface area contributed by atoms with Crippen molar-refractivity contribution in [3.8, 4) is 5.75 Å². The largest absolute Gasteiger partial charge is 0.492 e. The third kappa shape index (κ3) is 3.79. The van der Waals surface area contributed by atoms with Crippen LogP contribution in [0.3, 0.4) is 0 Å². The molecule has 5 heteroatoms. The van der Waals surface area contributed by atoms with Gasteiger partial charge in [-0.25, -0.2) is 4.79 Å². The minimum absolute atomic E-state index is 0.547. The molecule has 1 aromatic rings. The van der Waals surface area contributed by atoms with Crippen LogP contribution in [-0.4, -0.2) is 17.7 Å². The highest BCUT2D eigenvalue weighted by atomic mass is 127. The van der Waals surface area contributed by atoms with Crippen LogP contribution in [0.2, 0.25) is 0 Å². The van der Waals surface area contributed by atoms with E-state index in [0.29, 0.717) is 12.4 Å². The van der Waals surface area contributed by atoms with Gasteiger partial charge >= 0.3 is 5.97 Å². The van der Waals surface area contributed by atoms with Crippen LogP contribution in [0.25, 0.3) is 6.08 Å². The smallest absolute Gasteiger partial charge is 0.328 e. The lowest BCUT2D eigenvalue weighted by Gasteiger charge is -2.10. The normalized spacial score (nSPS) is 10.7. The summed E-state index contributed by atoms with van der Waals surface area (Å²) in [6, 6.07) is 3.75. The summed E-state index contributed by atoms with van der Waals surface area (Å²) in [5.41, 5.74) is 0.753. The van der Waals surface area contributed by atoms with Gasteiger partial charge in [0.2, 0.25) is 0 Å². The third-order valence-electron chi connectivity index (χ3n) is 1.73. The molecule has 3 nitrogen and oxygen atoms in total. The lowest BCUT2D eigenvalue weighted by Crippen LogP contribution is -1.97. The van der Waals surface area contributed by atoms with E-state index in [1.54, 1.807) is 0 Å². The maximum absolute atomic E-state index is 10.5. The minimum Gasteiger partial charge on any atom is -0.492 e. The van der Waals surface area contributed by atoms with Crippen LogP contribution in [0.1, 0.15) is 12.5 Å². The Morgan fingerprint density at radius 3 is 2.88 bits per heavy atom. The van der Waals surface area contributed by atoms with E-state index in [9.17, 15) is 4.79 Å². The number of benzene rings is 1. The summed E-state index contributed by atoms with van der Waals surface area (Å²) in [5.74, 6) is -0.263. The predicted molar refractivity (Wildman–Crippen MR) is 74.7 cm³/mol. The van der Waals surface area contributed by atoms with Crippen molar-refractivity contribution >= 4 is 50.6 Å². The first-order valence-electron chi connectivity index (χ1n) is 4.57. The molecular formula is C11H10BrIO3. The van der Waals surface area contributed by atoms with Crippen molar-refractivity contribution in [1.29, 1.82) is 0 Å². The fourth-order valence-electron chi connectivity index (χ4n) is 1.16. The molecule has 0 aromatic heterocycles. The number of halogens is 2. The van der Waals surface area contributed by atoms with Gasteiger partial charge in [0.05, 0.1) is 10.2 Å². The van der Waals surface area contributed by atoms with Crippen molar-refractivity contribution in [2.24, 2.45) is 0 Å². The molecule has 0 saturated heterocycles. The quantitative estimate of drug-likeness (QED) is 0.625. The van der Waals surface area contributed by atoms with Crippen LogP contribution in [0, 0.1) is 3.57 Å². The summed E-state index contributed by atoms with van der Waals surface area (Å²) < 4.78 is 7.32. The summed E-state index contributed by atoms with van der Waals surface area (Å²) in [5, 5.41) is 8.59. The fraction of sp³-hybridized carbons (Fsp3) is 0.182. The van der Waals surface area contributed by atoms with E-state index in [2.05, 4.69) is 38.5 Å². The van der Waals surface area contributed by atoms with Gasteiger partial charge in [-0.3, -0.25) is 0 Å². The maximum Gasteiger partial charge on any atom is 0.328 e. The average Bonchev–Trinajstić information content (AvgIpc) is 2.19. The molecule has 0 aliphatic heterocycles. The number of carbonyl (C=O) groups is 1. The monoisotopic (exact) mass is 396 g/mol. The van der Waals surface area contributed by atoms with Gasteiger partial charge in [-0.2, -0.15) is 0 Å². The average molecular weight is 397 g/mol. The summed E-state index contributed by atoms with van der Waals surface area (Å²) in [6.45, 7) is 2.44. The molecule has 0 bridgehead atoms. The Labute approximate surface area is 116 Å². The van der Waals surface area contributed by atoms with Gasteiger partial charge in [-0.05, 0) is 47.7 Å². The number of aliphatic carboxylic acids is 1. The maximum atomic E-state index is 10.5. The van der Waals surface area contributed by atoms with Crippen molar-refractivity contribution in [2.75, 3.05) is 6.61 Å². The Kier molecular flexibility index (Phi) is 5.27. The Morgan fingerprint density at radius 1 is 1.62 bits per heavy atom. The molecule has 0 amide bonds. The van der Waals surface area contributed by atoms with Crippen molar-refractivity contribution in [1.82, 2.24) is 0 Å². The molecule has 16 heavy (non-hydrogen) atoms. The molecule has 0 atom stereocenters. The SMILES string of the molecule is CCOc1c(I)cc(Br)cc1C=CC(=O)O. The van der Waals surface area contributed by atoms with Crippen LogP contribution in [0.15, 0.2) is 22.7 Å². The highest BCUT2D eigenvalue weighted by molar-refractivity contribution is 14.1. The standard InChI is InChI=1S/C11H10BrIO3/c1-2-16-11-7(3-4-10(14)15)5-8(12)6-9(11)13/h3-6H,2H2,1H3,(H,14,15). The minimum atomic E-state index is -0.975. The molecule has 0 aliphatic rings. The van der Waals surface area contributed by atoms with E-state index >= 15 is 0 Å². The van der Waals surface area contributed by atoms with E-state index in [-0.39, 0.29) is 0 Å². The van der Waals surface area contributed by atoms with Crippen LogP contribution >= 0.6 is 38.5 Å². The van der Waals surface area contributed by atoms with Gasteiger partial charge in [-0.15, -0.1) is 0 Å². The number of hydrogen-bond donors (Lipinski definition) is 1. The Morgan fingerprint density at radius 2 is 2.31 bits per heavy atom. The molecule has 86 valence electrons. The van der Waals surface area contributed by atoms with E-state index in [0.717, 1.165) is 19.7 Å². The van der Waals surface area contributed by atoms with Gasteiger partial charge in [0.1, 0.15) is 5.75 Å². The second-order valence-corrected chi connectivity index (χ2v) is 4.99. The van der Waals surface area contributed by atoms with Crippen molar-refractivity contribution in [3.05, 3.63) is 31.8 Å². The van der Waals surface area contributed by atoms with Gasteiger partial charge in [0, 0.05) is 16.1 Å². The topological polar surface area (TPSA) is 46.5 Å². The fourth-order valence-corrected chi connectivity index (χ4v) is 2.87.